The lowest BCUT2D eigenvalue weighted by Crippen LogP contribution is -2.34. The summed E-state index contributed by atoms with van der Waals surface area (Å²) in [6.45, 7) is 6.38. The van der Waals surface area contributed by atoms with Crippen LogP contribution in [0.25, 0.3) is 0 Å². The van der Waals surface area contributed by atoms with Crippen molar-refractivity contribution in [3.05, 3.63) is 60.7 Å². The largest absolute Gasteiger partial charge is 0.446 e. The molecule has 2 N–H and O–H groups in total. The molecule has 0 aromatic heterocycles. The van der Waals surface area contributed by atoms with Crippen molar-refractivity contribution >= 4 is 6.09 Å². The van der Waals surface area contributed by atoms with Crippen LogP contribution in [0.2, 0.25) is 0 Å². The summed E-state index contributed by atoms with van der Waals surface area (Å²) in [5.74, 6) is 0. The molecule has 1 aromatic rings. The Bertz CT molecular complexity index is 644. The lowest BCUT2D eigenvalue weighted by molar-refractivity contribution is 0.0120. The number of hydrogen-bond acceptors (Lipinski definition) is 3. The van der Waals surface area contributed by atoms with Gasteiger partial charge in [-0.2, -0.15) is 0 Å². The third-order valence-corrected chi connectivity index (χ3v) is 5.99. The summed E-state index contributed by atoms with van der Waals surface area (Å²) in [7, 11) is 0. The second-order valence-electron chi connectivity index (χ2n) is 8.94. The van der Waals surface area contributed by atoms with Crippen molar-refractivity contribution in [2.75, 3.05) is 13.2 Å². The normalized spacial score (nSPS) is 13.0. The van der Waals surface area contributed by atoms with Crippen LogP contribution in [0.3, 0.4) is 0 Å². The SMILES string of the molecule is C=CC(O)(COC(=O)NCCCCCCCC/C=C\CCCCCCCC)c1ccccc1. The molecule has 1 aromatic carbocycles. The van der Waals surface area contributed by atoms with Gasteiger partial charge in [-0.1, -0.05) is 120 Å². The van der Waals surface area contributed by atoms with Crippen LogP contribution in [0.15, 0.2) is 55.1 Å². The molecule has 0 saturated heterocycles. The van der Waals surface area contributed by atoms with Crippen LogP contribution in [0.4, 0.5) is 4.79 Å². The van der Waals surface area contributed by atoms with Crippen LogP contribution >= 0.6 is 0 Å². The van der Waals surface area contributed by atoms with Gasteiger partial charge in [0.15, 0.2) is 0 Å². The van der Waals surface area contributed by atoms with Crippen molar-refractivity contribution in [3.8, 4) is 0 Å². The van der Waals surface area contributed by atoms with E-state index in [0.29, 0.717) is 12.1 Å². The third kappa shape index (κ3) is 14.6. The minimum atomic E-state index is -1.37. The Morgan fingerprint density at radius 3 is 2.03 bits per heavy atom. The van der Waals surface area contributed by atoms with Gasteiger partial charge in [0.25, 0.3) is 0 Å². The monoisotopic (exact) mass is 457 g/mol. The minimum Gasteiger partial charge on any atom is -0.446 e. The topological polar surface area (TPSA) is 58.6 Å². The van der Waals surface area contributed by atoms with Crippen molar-refractivity contribution in [1.82, 2.24) is 5.32 Å². The van der Waals surface area contributed by atoms with E-state index in [1.165, 1.54) is 83.1 Å². The van der Waals surface area contributed by atoms with E-state index in [9.17, 15) is 9.90 Å². The molecule has 0 radical (unpaired) electrons. The number of ether oxygens (including phenoxy) is 1. The highest BCUT2D eigenvalue weighted by Crippen LogP contribution is 2.22. The standard InChI is InChI=1S/C29H47NO3/c1-3-5-6-7-8-9-10-11-12-13-14-15-16-17-18-22-25-30-28(31)33-26-29(32,4-2)27-23-20-19-21-24-27/h4,11-12,19-21,23-24,32H,2-3,5-10,13-18,22,25-26H2,1H3,(H,30,31)/b12-11-. The summed E-state index contributed by atoms with van der Waals surface area (Å²) < 4.78 is 5.20. The van der Waals surface area contributed by atoms with E-state index in [2.05, 4.69) is 31.0 Å². The van der Waals surface area contributed by atoms with Crippen LogP contribution < -0.4 is 5.32 Å². The lowest BCUT2D eigenvalue weighted by atomic mass is 9.95. The summed E-state index contributed by atoms with van der Waals surface area (Å²) in [4.78, 5) is 11.9. The van der Waals surface area contributed by atoms with Gasteiger partial charge in [-0.05, 0) is 37.7 Å². The first-order valence-electron chi connectivity index (χ1n) is 13.1. The Labute approximate surface area is 202 Å². The maximum atomic E-state index is 11.9. The summed E-state index contributed by atoms with van der Waals surface area (Å²) >= 11 is 0. The number of aliphatic hydroxyl groups is 1. The summed E-state index contributed by atoms with van der Waals surface area (Å²) in [5, 5.41) is 13.4. The van der Waals surface area contributed by atoms with Crippen LogP contribution in [-0.2, 0) is 10.3 Å². The van der Waals surface area contributed by atoms with Crippen LogP contribution in [0.5, 0.6) is 0 Å². The van der Waals surface area contributed by atoms with Crippen molar-refractivity contribution in [1.29, 1.82) is 0 Å². The number of allylic oxidation sites excluding steroid dienone is 2. The van der Waals surface area contributed by atoms with Gasteiger partial charge in [-0.3, -0.25) is 0 Å². The number of rotatable bonds is 20. The van der Waals surface area contributed by atoms with Crippen molar-refractivity contribution in [2.24, 2.45) is 0 Å². The van der Waals surface area contributed by atoms with Gasteiger partial charge in [0.1, 0.15) is 12.2 Å². The molecule has 0 aliphatic rings. The third-order valence-electron chi connectivity index (χ3n) is 5.99. The predicted molar refractivity (Wildman–Crippen MR) is 139 cm³/mol. The Hall–Kier alpha value is -2.07. The van der Waals surface area contributed by atoms with Gasteiger partial charge in [-0.25, -0.2) is 4.79 Å². The van der Waals surface area contributed by atoms with E-state index in [-0.39, 0.29) is 6.61 Å². The van der Waals surface area contributed by atoms with Crippen molar-refractivity contribution in [2.45, 2.75) is 102 Å². The Morgan fingerprint density at radius 2 is 1.45 bits per heavy atom. The highest BCUT2D eigenvalue weighted by molar-refractivity contribution is 5.67. The van der Waals surface area contributed by atoms with Crippen LogP contribution in [0, 0.1) is 0 Å². The average Bonchev–Trinajstić information content (AvgIpc) is 2.85. The molecular weight excluding hydrogens is 410 g/mol. The van der Waals surface area contributed by atoms with Gasteiger partial charge in [0, 0.05) is 6.54 Å². The molecule has 33 heavy (non-hydrogen) atoms. The summed E-state index contributed by atoms with van der Waals surface area (Å²) in [6.07, 6.45) is 23.3. The zero-order valence-electron chi connectivity index (χ0n) is 20.9. The van der Waals surface area contributed by atoms with E-state index in [1.807, 2.05) is 18.2 Å². The summed E-state index contributed by atoms with van der Waals surface area (Å²) in [5.41, 5.74) is -0.719. The van der Waals surface area contributed by atoms with E-state index in [0.717, 1.165) is 12.8 Å². The molecule has 0 bridgehead atoms. The number of amides is 1. The van der Waals surface area contributed by atoms with Gasteiger partial charge in [0.05, 0.1) is 0 Å². The summed E-state index contributed by atoms with van der Waals surface area (Å²) in [6, 6.07) is 9.11. The fourth-order valence-electron chi connectivity index (χ4n) is 3.78. The van der Waals surface area contributed by atoms with E-state index in [4.69, 9.17) is 4.74 Å². The molecule has 4 heteroatoms. The number of nitrogens with one attached hydrogen (secondary N) is 1. The first-order valence-corrected chi connectivity index (χ1v) is 13.1. The lowest BCUT2D eigenvalue weighted by Gasteiger charge is -2.24. The Kier molecular flexibility index (Phi) is 17.0. The molecule has 0 heterocycles. The molecule has 0 aliphatic heterocycles. The molecule has 1 atom stereocenters. The molecular formula is C29H47NO3. The Morgan fingerprint density at radius 1 is 0.909 bits per heavy atom. The molecule has 0 spiro atoms. The smallest absolute Gasteiger partial charge is 0.407 e. The number of unbranched alkanes of at least 4 members (excludes halogenated alkanes) is 12. The zero-order valence-corrected chi connectivity index (χ0v) is 20.9. The van der Waals surface area contributed by atoms with E-state index < -0.39 is 11.7 Å². The van der Waals surface area contributed by atoms with E-state index in [1.54, 1.807) is 12.1 Å². The van der Waals surface area contributed by atoms with Crippen LogP contribution in [0.1, 0.15) is 102 Å². The first-order chi connectivity index (χ1) is 16.1. The van der Waals surface area contributed by atoms with Crippen molar-refractivity contribution < 1.29 is 14.6 Å². The highest BCUT2D eigenvalue weighted by atomic mass is 16.6. The number of benzene rings is 1. The van der Waals surface area contributed by atoms with Gasteiger partial charge >= 0.3 is 6.09 Å². The zero-order chi connectivity index (χ0) is 24.0. The van der Waals surface area contributed by atoms with Gasteiger partial charge in [-0.15, -0.1) is 0 Å². The maximum Gasteiger partial charge on any atom is 0.407 e. The molecule has 186 valence electrons. The second kappa shape index (κ2) is 19.4. The molecule has 0 aliphatic carbocycles. The molecule has 1 unspecified atom stereocenters. The first kappa shape index (κ1) is 29.0. The fourth-order valence-corrected chi connectivity index (χ4v) is 3.78. The number of carbonyl (C=O) groups excluding carboxylic acids is 1. The molecule has 1 rings (SSSR count). The molecule has 0 saturated carbocycles. The quantitative estimate of drug-likeness (QED) is 0.155. The van der Waals surface area contributed by atoms with Crippen LogP contribution in [-0.4, -0.2) is 24.4 Å². The molecule has 4 nitrogen and oxygen atoms in total. The van der Waals surface area contributed by atoms with Gasteiger partial charge < -0.3 is 15.2 Å². The predicted octanol–water partition coefficient (Wildman–Crippen LogP) is 7.82. The minimum absolute atomic E-state index is 0.153. The van der Waals surface area contributed by atoms with E-state index >= 15 is 0 Å². The fraction of sp³-hybridized carbons (Fsp3) is 0.621. The number of carbonyl (C=O) groups is 1. The van der Waals surface area contributed by atoms with Crippen molar-refractivity contribution in [3.63, 3.8) is 0 Å². The second-order valence-corrected chi connectivity index (χ2v) is 8.94. The number of alkyl carbamates (subject to hydrolysis) is 1. The highest BCUT2D eigenvalue weighted by Gasteiger charge is 2.27. The number of hydrogen-bond donors (Lipinski definition) is 2. The molecule has 0 fully saturated rings. The Balaban J connectivity index is 1.93. The van der Waals surface area contributed by atoms with Gasteiger partial charge in [0.2, 0.25) is 0 Å². The maximum absolute atomic E-state index is 11.9. The average molecular weight is 458 g/mol. The molecule has 1 amide bonds.